The van der Waals surface area contributed by atoms with Crippen molar-refractivity contribution in [2.75, 3.05) is 5.32 Å². The van der Waals surface area contributed by atoms with Gasteiger partial charge >= 0.3 is 0 Å². The Morgan fingerprint density at radius 2 is 2.06 bits per heavy atom. The summed E-state index contributed by atoms with van der Waals surface area (Å²) < 4.78 is 0. The second-order valence-electron chi connectivity index (χ2n) is 3.37. The summed E-state index contributed by atoms with van der Waals surface area (Å²) in [5.74, 6) is -0.0806. The van der Waals surface area contributed by atoms with Gasteiger partial charge in [0.2, 0.25) is 5.91 Å². The Kier molecular flexibility index (Phi) is 4.07. The Morgan fingerprint density at radius 1 is 1.22 bits per heavy atom. The lowest BCUT2D eigenvalue weighted by molar-refractivity contribution is -0.115. The van der Waals surface area contributed by atoms with Gasteiger partial charge in [-0.25, -0.2) is 9.97 Å². The Bertz CT molecular complexity index is 562. The number of rotatable bonds is 3. The molecule has 1 amide bonds. The number of hydrogen-bond acceptors (Lipinski definition) is 4. The van der Waals surface area contributed by atoms with Crippen LogP contribution < -0.4 is 5.32 Å². The molecule has 0 fully saturated rings. The number of halogens is 2. The topological polar surface area (TPSA) is 67.8 Å². The van der Waals surface area contributed by atoms with Crippen LogP contribution in [0, 0.1) is 0 Å². The van der Waals surface area contributed by atoms with Gasteiger partial charge in [0.25, 0.3) is 0 Å². The van der Waals surface area contributed by atoms with Crippen molar-refractivity contribution in [1.29, 1.82) is 0 Å². The number of anilines is 1. The Hall–Kier alpha value is -1.72. The molecular weight excluding hydrogens is 275 g/mol. The van der Waals surface area contributed by atoms with E-state index in [1.807, 2.05) is 6.07 Å². The van der Waals surface area contributed by atoms with Crippen molar-refractivity contribution in [3.8, 4) is 0 Å². The molecule has 7 heteroatoms. The van der Waals surface area contributed by atoms with Gasteiger partial charge in [-0.15, -0.1) is 0 Å². The molecule has 0 saturated heterocycles. The van der Waals surface area contributed by atoms with E-state index < -0.39 is 0 Å². The van der Waals surface area contributed by atoms with Crippen LogP contribution in [-0.4, -0.2) is 20.9 Å². The number of aromatic nitrogens is 3. The molecule has 92 valence electrons. The zero-order chi connectivity index (χ0) is 13.0. The predicted octanol–water partition coefficient (Wildman–Crippen LogP) is 2.36. The largest absolute Gasteiger partial charge is 0.309 e. The molecule has 0 spiro atoms. The second kappa shape index (κ2) is 5.75. The minimum atomic E-state index is -0.273. The van der Waals surface area contributed by atoms with Crippen LogP contribution in [0.15, 0.2) is 30.7 Å². The lowest BCUT2D eigenvalue weighted by Gasteiger charge is -2.06. The van der Waals surface area contributed by atoms with Crippen LogP contribution in [0.1, 0.15) is 5.69 Å². The molecule has 0 aliphatic heterocycles. The average Bonchev–Trinajstić information content (AvgIpc) is 2.36. The van der Waals surface area contributed by atoms with Crippen molar-refractivity contribution in [2.45, 2.75) is 6.42 Å². The summed E-state index contributed by atoms with van der Waals surface area (Å²) in [5, 5.41) is 2.77. The summed E-state index contributed by atoms with van der Waals surface area (Å²) in [7, 11) is 0. The van der Waals surface area contributed by atoms with Crippen LogP contribution in [0.3, 0.4) is 0 Å². The first-order valence-electron chi connectivity index (χ1n) is 5.02. The van der Waals surface area contributed by atoms with Crippen LogP contribution in [0.25, 0.3) is 0 Å². The average molecular weight is 283 g/mol. The number of pyridine rings is 1. The van der Waals surface area contributed by atoms with Crippen molar-refractivity contribution in [2.24, 2.45) is 0 Å². The molecule has 0 unspecified atom stereocenters. The van der Waals surface area contributed by atoms with Gasteiger partial charge in [0.1, 0.15) is 11.3 Å². The summed E-state index contributed by atoms with van der Waals surface area (Å²) in [6, 6.07) is 5.35. The van der Waals surface area contributed by atoms with Crippen LogP contribution in [0.2, 0.25) is 10.2 Å². The van der Waals surface area contributed by atoms with Crippen LogP contribution in [0.5, 0.6) is 0 Å². The third-order valence-corrected chi connectivity index (χ3v) is 2.81. The number of carbonyl (C=O) groups excluding carboxylic acids is 1. The zero-order valence-electron chi connectivity index (χ0n) is 9.10. The van der Waals surface area contributed by atoms with Gasteiger partial charge in [-0.3, -0.25) is 9.78 Å². The van der Waals surface area contributed by atoms with E-state index in [-0.39, 0.29) is 28.3 Å². The van der Waals surface area contributed by atoms with Crippen molar-refractivity contribution in [1.82, 2.24) is 15.0 Å². The molecule has 0 atom stereocenters. The highest BCUT2D eigenvalue weighted by Gasteiger charge is 2.11. The first kappa shape index (κ1) is 12.7. The lowest BCUT2D eigenvalue weighted by atomic mass is 10.2. The summed E-state index contributed by atoms with van der Waals surface area (Å²) in [5.41, 5.74) is 0.659. The van der Waals surface area contributed by atoms with Crippen LogP contribution in [0.4, 0.5) is 5.82 Å². The minimum Gasteiger partial charge on any atom is -0.309 e. The summed E-state index contributed by atoms with van der Waals surface area (Å²) in [6.45, 7) is 0. The fraction of sp³-hybridized carbons (Fsp3) is 0.0909. The normalized spacial score (nSPS) is 10.1. The van der Waals surface area contributed by atoms with Gasteiger partial charge in [-0.05, 0) is 12.1 Å². The number of hydrogen-bond donors (Lipinski definition) is 1. The lowest BCUT2D eigenvalue weighted by Crippen LogP contribution is -2.16. The van der Waals surface area contributed by atoms with E-state index in [1.165, 1.54) is 6.33 Å². The van der Waals surface area contributed by atoms with Crippen molar-refractivity contribution >= 4 is 34.9 Å². The first-order chi connectivity index (χ1) is 8.66. The standard InChI is InChI=1S/C11H8Cl2N4O/c12-9-10(13)15-6-16-11(9)17-8(18)5-7-3-1-2-4-14-7/h1-4,6H,5H2,(H,15,16,17,18). The molecule has 0 radical (unpaired) electrons. The fourth-order valence-electron chi connectivity index (χ4n) is 1.28. The van der Waals surface area contributed by atoms with E-state index in [0.29, 0.717) is 5.69 Å². The number of nitrogens with zero attached hydrogens (tertiary/aromatic N) is 3. The number of nitrogens with one attached hydrogen (secondary N) is 1. The fourth-order valence-corrected chi connectivity index (χ4v) is 1.56. The first-order valence-corrected chi connectivity index (χ1v) is 5.78. The molecule has 2 aromatic rings. The highest BCUT2D eigenvalue weighted by molar-refractivity contribution is 6.42. The Labute approximate surface area is 113 Å². The highest BCUT2D eigenvalue weighted by Crippen LogP contribution is 2.25. The Balaban J connectivity index is 2.06. The second-order valence-corrected chi connectivity index (χ2v) is 4.11. The molecular formula is C11H8Cl2N4O. The van der Waals surface area contributed by atoms with Crippen LogP contribution in [-0.2, 0) is 11.2 Å². The molecule has 2 aromatic heterocycles. The molecule has 0 aliphatic rings. The number of carbonyl (C=O) groups is 1. The predicted molar refractivity (Wildman–Crippen MR) is 68.6 cm³/mol. The van der Waals surface area contributed by atoms with Crippen LogP contribution >= 0.6 is 23.2 Å². The molecule has 1 N–H and O–H groups in total. The molecule has 18 heavy (non-hydrogen) atoms. The van der Waals surface area contributed by atoms with Crippen molar-refractivity contribution in [3.63, 3.8) is 0 Å². The maximum atomic E-state index is 11.7. The summed E-state index contributed by atoms with van der Waals surface area (Å²) in [4.78, 5) is 23.3. The number of amides is 1. The minimum absolute atomic E-state index is 0.0970. The quantitative estimate of drug-likeness (QED) is 0.878. The SMILES string of the molecule is O=C(Cc1ccccn1)Nc1ncnc(Cl)c1Cl. The maximum Gasteiger partial charge on any atom is 0.231 e. The summed E-state index contributed by atoms with van der Waals surface area (Å²) in [6.07, 6.45) is 2.99. The van der Waals surface area contributed by atoms with Gasteiger partial charge in [-0.1, -0.05) is 29.3 Å². The van der Waals surface area contributed by atoms with E-state index in [9.17, 15) is 4.79 Å². The van der Waals surface area contributed by atoms with E-state index in [4.69, 9.17) is 23.2 Å². The van der Waals surface area contributed by atoms with E-state index in [2.05, 4.69) is 20.3 Å². The highest BCUT2D eigenvalue weighted by atomic mass is 35.5. The van der Waals surface area contributed by atoms with Gasteiger partial charge in [-0.2, -0.15) is 0 Å². The van der Waals surface area contributed by atoms with E-state index in [0.717, 1.165) is 0 Å². The van der Waals surface area contributed by atoms with E-state index >= 15 is 0 Å². The van der Waals surface area contributed by atoms with Gasteiger partial charge < -0.3 is 5.32 Å². The molecule has 0 aromatic carbocycles. The third-order valence-electron chi connectivity index (χ3n) is 2.07. The molecule has 5 nitrogen and oxygen atoms in total. The third kappa shape index (κ3) is 3.15. The zero-order valence-corrected chi connectivity index (χ0v) is 10.6. The Morgan fingerprint density at radius 3 is 2.78 bits per heavy atom. The monoisotopic (exact) mass is 282 g/mol. The molecule has 2 rings (SSSR count). The van der Waals surface area contributed by atoms with Gasteiger partial charge in [0, 0.05) is 11.9 Å². The molecule has 2 heterocycles. The van der Waals surface area contributed by atoms with Crippen molar-refractivity contribution in [3.05, 3.63) is 46.6 Å². The van der Waals surface area contributed by atoms with Gasteiger partial charge in [0.15, 0.2) is 11.0 Å². The molecule has 0 bridgehead atoms. The van der Waals surface area contributed by atoms with Crippen molar-refractivity contribution < 1.29 is 4.79 Å². The van der Waals surface area contributed by atoms with Gasteiger partial charge in [0.05, 0.1) is 6.42 Å². The maximum absolute atomic E-state index is 11.7. The summed E-state index contributed by atoms with van der Waals surface area (Å²) >= 11 is 11.6. The van der Waals surface area contributed by atoms with E-state index in [1.54, 1.807) is 18.3 Å². The molecule has 0 aliphatic carbocycles. The molecule has 0 saturated carbocycles. The smallest absolute Gasteiger partial charge is 0.231 e.